The zero-order chi connectivity index (χ0) is 4.83. The molecule has 0 aliphatic carbocycles. The van der Waals surface area contributed by atoms with Crippen molar-refractivity contribution < 1.29 is 4.28 Å². The van der Waals surface area contributed by atoms with Crippen molar-refractivity contribution in [1.29, 1.82) is 0 Å². The van der Waals surface area contributed by atoms with Crippen LogP contribution in [-0.4, -0.2) is 6.21 Å². The molecule has 0 amide bonds. The molecule has 0 aromatic rings. The first-order chi connectivity index (χ1) is 2.91. The molecule has 0 rings (SSSR count). The lowest BCUT2D eigenvalue weighted by Gasteiger charge is -1.73. The predicted molar refractivity (Wildman–Crippen MR) is 28.8 cm³/mol. The fraction of sp³-hybridized carbons (Fsp3) is 0. The van der Waals surface area contributed by atoms with E-state index in [0.717, 1.165) is 0 Å². The largest absolute Gasteiger partial charge is 0.326 e. The molecule has 0 heterocycles. The van der Waals surface area contributed by atoms with Gasteiger partial charge in [0, 0.05) is 0 Å². The van der Waals surface area contributed by atoms with E-state index in [4.69, 9.17) is 0 Å². The van der Waals surface area contributed by atoms with E-state index >= 15 is 0 Å². The first-order valence-electron chi connectivity index (χ1n) is 1.36. The monoisotopic (exact) mass is 103 g/mol. The van der Waals surface area contributed by atoms with Crippen LogP contribution >= 0.6 is 12.9 Å². The van der Waals surface area contributed by atoms with Gasteiger partial charge in [-0.2, -0.15) is 0 Å². The Labute approximate surface area is 42.1 Å². The number of nitrogens with zero attached hydrogens (tertiary/aromatic N) is 1. The molecule has 0 saturated heterocycles. The van der Waals surface area contributed by atoms with Crippen LogP contribution in [0, 0.1) is 0 Å². The highest BCUT2D eigenvalue weighted by molar-refractivity contribution is 7.75. The first kappa shape index (κ1) is 5.56. The van der Waals surface area contributed by atoms with E-state index in [1.807, 2.05) is 0 Å². The van der Waals surface area contributed by atoms with E-state index in [0.29, 0.717) is 0 Å². The second kappa shape index (κ2) is 4.56. The highest BCUT2D eigenvalue weighted by Crippen LogP contribution is 1.73. The van der Waals surface area contributed by atoms with E-state index in [2.05, 4.69) is 28.9 Å². The minimum absolute atomic E-state index is 1.40. The molecule has 0 atom stereocenters. The van der Waals surface area contributed by atoms with Crippen LogP contribution in [0.1, 0.15) is 0 Å². The Hall–Kier alpha value is -0.440. The quantitative estimate of drug-likeness (QED) is 0.239. The van der Waals surface area contributed by atoms with Gasteiger partial charge in [0.05, 0.1) is 19.1 Å². The second-order valence-electron chi connectivity index (χ2n) is 0.572. The third-order valence-electron chi connectivity index (χ3n) is 0.213. The third-order valence-corrected chi connectivity index (χ3v) is 0.308. The summed E-state index contributed by atoms with van der Waals surface area (Å²) in [7, 11) is 0. The molecular formula is C3H5NOS. The lowest BCUT2D eigenvalue weighted by atomic mass is 10.7. The van der Waals surface area contributed by atoms with Gasteiger partial charge in [-0.05, 0) is 6.08 Å². The molecule has 0 fully saturated rings. The van der Waals surface area contributed by atoms with Crippen LogP contribution in [0.3, 0.4) is 0 Å². The summed E-state index contributed by atoms with van der Waals surface area (Å²) in [5, 5.41) is 3.21. The molecule has 0 radical (unpaired) electrons. The lowest BCUT2D eigenvalue weighted by Crippen LogP contribution is -1.58. The van der Waals surface area contributed by atoms with Crippen molar-refractivity contribution in [2.45, 2.75) is 0 Å². The van der Waals surface area contributed by atoms with Crippen LogP contribution in [-0.2, 0) is 4.28 Å². The van der Waals surface area contributed by atoms with Gasteiger partial charge in [0.15, 0.2) is 0 Å². The molecule has 6 heavy (non-hydrogen) atoms. The van der Waals surface area contributed by atoms with Crippen LogP contribution in [0.25, 0.3) is 0 Å². The van der Waals surface area contributed by atoms with Crippen molar-refractivity contribution in [2.75, 3.05) is 0 Å². The number of hydrogen-bond donors (Lipinski definition) is 1. The zero-order valence-corrected chi connectivity index (χ0v) is 4.06. The summed E-state index contributed by atoms with van der Waals surface area (Å²) < 4.78 is 3.97. The number of thiol groups is 1. The minimum Gasteiger partial charge on any atom is -0.326 e. The molecule has 2 nitrogen and oxygen atoms in total. The molecule has 0 aromatic carbocycles. The van der Waals surface area contributed by atoms with Gasteiger partial charge in [0.2, 0.25) is 0 Å². The molecule has 0 bridgehead atoms. The SMILES string of the molecule is C=CC=NOS. The van der Waals surface area contributed by atoms with Gasteiger partial charge in [-0.1, -0.05) is 11.7 Å². The number of rotatable bonds is 2. The number of oxime groups is 1. The average Bonchev–Trinajstić information content (AvgIpc) is 1.61. The van der Waals surface area contributed by atoms with Gasteiger partial charge in [0.1, 0.15) is 0 Å². The fourth-order valence-corrected chi connectivity index (χ4v) is 0.125. The van der Waals surface area contributed by atoms with Gasteiger partial charge < -0.3 is 4.28 Å². The van der Waals surface area contributed by atoms with Crippen LogP contribution in [0.4, 0.5) is 0 Å². The lowest BCUT2D eigenvalue weighted by molar-refractivity contribution is 0.418. The Bertz CT molecular complexity index is 61.8. The van der Waals surface area contributed by atoms with Crippen molar-refractivity contribution in [3.8, 4) is 0 Å². The Morgan fingerprint density at radius 3 is 2.67 bits per heavy atom. The number of hydrogen-bond acceptors (Lipinski definition) is 3. The molecule has 0 saturated carbocycles. The van der Waals surface area contributed by atoms with Gasteiger partial charge >= 0.3 is 0 Å². The Morgan fingerprint density at radius 2 is 2.50 bits per heavy atom. The summed E-state index contributed by atoms with van der Waals surface area (Å²) in [6.45, 7) is 3.33. The number of allylic oxidation sites excluding steroid dienone is 1. The maximum absolute atomic E-state index is 3.97. The van der Waals surface area contributed by atoms with E-state index in [-0.39, 0.29) is 0 Å². The fourth-order valence-electron chi connectivity index (χ4n) is 0.0702. The highest BCUT2D eigenvalue weighted by atomic mass is 32.1. The van der Waals surface area contributed by atoms with Crippen LogP contribution < -0.4 is 0 Å². The van der Waals surface area contributed by atoms with E-state index in [1.165, 1.54) is 12.3 Å². The summed E-state index contributed by atoms with van der Waals surface area (Å²) in [4.78, 5) is 0. The molecule has 0 unspecified atom stereocenters. The third kappa shape index (κ3) is 3.56. The second-order valence-corrected chi connectivity index (χ2v) is 0.735. The van der Waals surface area contributed by atoms with Crippen molar-refractivity contribution in [3.05, 3.63) is 12.7 Å². The average molecular weight is 103 g/mol. The zero-order valence-electron chi connectivity index (χ0n) is 3.16. The molecule has 0 aliphatic rings. The summed E-state index contributed by atoms with van der Waals surface area (Å²) in [6, 6.07) is 0. The molecule has 0 N–H and O–H groups in total. The minimum atomic E-state index is 1.40. The summed E-state index contributed by atoms with van der Waals surface area (Å²) in [6.07, 6.45) is 2.89. The Kier molecular flexibility index (Phi) is 4.23. The maximum atomic E-state index is 3.97. The molecule has 0 aliphatic heterocycles. The van der Waals surface area contributed by atoms with Gasteiger partial charge in [-0.25, -0.2) is 0 Å². The van der Waals surface area contributed by atoms with E-state index in [1.54, 1.807) is 0 Å². The smallest absolute Gasteiger partial charge is 0.0715 e. The molecule has 3 heteroatoms. The van der Waals surface area contributed by atoms with Crippen molar-refractivity contribution in [3.63, 3.8) is 0 Å². The summed E-state index contributed by atoms with van der Waals surface area (Å²) in [5.41, 5.74) is 0. The maximum Gasteiger partial charge on any atom is 0.0715 e. The van der Waals surface area contributed by atoms with Crippen LogP contribution in [0.2, 0.25) is 0 Å². The normalized spacial score (nSPS) is 8.83. The Balaban J connectivity index is 2.94. The standard InChI is InChI=1S/C3H5NOS/c1-2-3-4-5-6/h2-3,6H,1H2. The van der Waals surface area contributed by atoms with Crippen molar-refractivity contribution in [2.24, 2.45) is 5.16 Å². The van der Waals surface area contributed by atoms with Gasteiger partial charge in [-0.15, -0.1) is 0 Å². The summed E-state index contributed by atoms with van der Waals surface area (Å²) >= 11 is 3.31. The molecule has 0 spiro atoms. The highest BCUT2D eigenvalue weighted by Gasteiger charge is 1.53. The van der Waals surface area contributed by atoms with E-state index in [9.17, 15) is 0 Å². The Morgan fingerprint density at radius 1 is 1.83 bits per heavy atom. The van der Waals surface area contributed by atoms with Crippen LogP contribution in [0.15, 0.2) is 17.8 Å². The topological polar surface area (TPSA) is 21.6 Å². The molecule has 0 aromatic heterocycles. The molecule has 34 valence electrons. The first-order valence-corrected chi connectivity index (χ1v) is 1.73. The van der Waals surface area contributed by atoms with Crippen LogP contribution in [0.5, 0.6) is 0 Å². The van der Waals surface area contributed by atoms with Crippen molar-refractivity contribution >= 4 is 19.1 Å². The van der Waals surface area contributed by atoms with Gasteiger partial charge in [-0.3, -0.25) is 0 Å². The molecular weight excluding hydrogens is 98.1 g/mol. The summed E-state index contributed by atoms with van der Waals surface area (Å²) in [5.74, 6) is 0. The van der Waals surface area contributed by atoms with E-state index < -0.39 is 0 Å². The predicted octanol–water partition coefficient (Wildman–Crippen LogP) is 1.02. The van der Waals surface area contributed by atoms with Gasteiger partial charge in [0.25, 0.3) is 0 Å². The van der Waals surface area contributed by atoms with Crippen molar-refractivity contribution in [1.82, 2.24) is 0 Å².